The third-order valence-electron chi connectivity index (χ3n) is 5.33. The Bertz CT molecular complexity index is 934. The molecule has 1 amide bonds. The third kappa shape index (κ3) is 5.43. The van der Waals surface area contributed by atoms with Crippen LogP contribution in [0.4, 0.5) is 11.6 Å². The smallest absolute Gasteiger partial charge is 0.273 e. The molecule has 1 aliphatic carbocycles. The highest BCUT2D eigenvalue weighted by Gasteiger charge is 2.23. The highest BCUT2D eigenvalue weighted by molar-refractivity contribution is 5.98. The molecule has 168 valence electrons. The van der Waals surface area contributed by atoms with E-state index in [0.29, 0.717) is 17.4 Å². The summed E-state index contributed by atoms with van der Waals surface area (Å²) in [7, 11) is 1.67. The van der Waals surface area contributed by atoms with Crippen LogP contribution in [-0.4, -0.2) is 89.7 Å². The number of nitrogens with zero attached hydrogens (tertiary/aromatic N) is 4. The summed E-state index contributed by atoms with van der Waals surface area (Å²) in [5, 5.41) is 24.0. The van der Waals surface area contributed by atoms with E-state index in [2.05, 4.69) is 31.3 Å². The average Bonchev–Trinajstić information content (AvgIpc) is 3.51. The Balaban J connectivity index is 1.57. The van der Waals surface area contributed by atoms with Crippen molar-refractivity contribution in [1.29, 1.82) is 0 Å². The van der Waals surface area contributed by atoms with Gasteiger partial charge in [0, 0.05) is 50.9 Å². The summed E-state index contributed by atoms with van der Waals surface area (Å²) in [6.45, 7) is 4.99. The number of carbonyl (C=O) groups is 1. The van der Waals surface area contributed by atoms with E-state index in [-0.39, 0.29) is 12.6 Å². The SMILES string of the molecule is CN/C(=C\c1cnn2c(NC3CC3)cc(NCCN3CCOCC3)nc12)C(=O)NC[OH2+]. The number of aromatic nitrogens is 3. The number of carbonyl (C=O) groups excluding carboxylic acids is 1. The van der Waals surface area contributed by atoms with Gasteiger partial charge in [0.1, 0.15) is 17.3 Å². The molecule has 1 aliphatic heterocycles. The van der Waals surface area contributed by atoms with Gasteiger partial charge < -0.3 is 25.8 Å². The highest BCUT2D eigenvalue weighted by Crippen LogP contribution is 2.27. The number of anilines is 2. The molecule has 3 heterocycles. The number of morpholine rings is 1. The van der Waals surface area contributed by atoms with Gasteiger partial charge in [0.15, 0.2) is 5.65 Å². The van der Waals surface area contributed by atoms with Gasteiger partial charge in [0.25, 0.3) is 5.91 Å². The third-order valence-corrected chi connectivity index (χ3v) is 5.33. The first kappa shape index (κ1) is 21.3. The fourth-order valence-electron chi connectivity index (χ4n) is 3.46. The maximum atomic E-state index is 12.2. The van der Waals surface area contributed by atoms with Crippen molar-refractivity contribution in [1.82, 2.24) is 30.1 Å². The van der Waals surface area contributed by atoms with Gasteiger partial charge in [0.2, 0.25) is 6.73 Å². The number of likely N-dealkylation sites (N-methyl/N-ethyl adjacent to an activating group) is 1. The molecule has 0 unspecified atom stereocenters. The lowest BCUT2D eigenvalue weighted by molar-refractivity contribution is -0.118. The average molecular weight is 432 g/mol. The van der Waals surface area contributed by atoms with Crippen LogP contribution in [0.2, 0.25) is 0 Å². The van der Waals surface area contributed by atoms with Crippen molar-refractivity contribution in [3.8, 4) is 0 Å². The molecule has 2 aromatic rings. The Kier molecular flexibility index (Phi) is 6.85. The van der Waals surface area contributed by atoms with Crippen LogP contribution in [0.5, 0.6) is 0 Å². The Hall–Kier alpha value is -2.89. The molecular weight excluding hydrogens is 400 g/mol. The Morgan fingerprint density at radius 3 is 2.87 bits per heavy atom. The Morgan fingerprint density at radius 2 is 2.16 bits per heavy atom. The molecule has 1 saturated heterocycles. The lowest BCUT2D eigenvalue weighted by atomic mass is 10.2. The van der Waals surface area contributed by atoms with E-state index in [9.17, 15) is 4.79 Å². The summed E-state index contributed by atoms with van der Waals surface area (Å²) in [5.41, 5.74) is 1.73. The van der Waals surface area contributed by atoms with Gasteiger partial charge in [-0.05, 0) is 18.9 Å². The topological polar surface area (TPSA) is 131 Å². The number of amides is 1. The molecule has 1 saturated carbocycles. The Morgan fingerprint density at radius 1 is 1.35 bits per heavy atom. The van der Waals surface area contributed by atoms with Crippen LogP contribution in [0.1, 0.15) is 18.4 Å². The van der Waals surface area contributed by atoms with E-state index < -0.39 is 0 Å². The number of fused-ring (bicyclic) bond motifs is 1. The molecule has 4 rings (SSSR count). The summed E-state index contributed by atoms with van der Waals surface area (Å²) in [6.07, 6.45) is 5.70. The highest BCUT2D eigenvalue weighted by atomic mass is 16.5. The quantitative estimate of drug-likeness (QED) is 0.223. The zero-order valence-corrected chi connectivity index (χ0v) is 17.8. The van der Waals surface area contributed by atoms with Crippen LogP contribution < -0.4 is 21.3 Å². The second-order valence-electron chi connectivity index (χ2n) is 7.65. The molecule has 0 bridgehead atoms. The van der Waals surface area contributed by atoms with Crippen molar-refractivity contribution in [2.24, 2.45) is 0 Å². The standard InChI is InChI=1S/C20H30N8O3/c1-21-16(20(30)23-13-29)10-14-12-24-28-18(25-15-2-3-15)11-17(26-19(14)28)22-4-5-27-6-8-31-9-7-27/h10-12,15,21,25,29H,2-9,13H2,1H3,(H,22,26)(H,23,30)/p+1/b16-10-. The minimum Gasteiger partial charge on any atom is -0.429 e. The largest absolute Gasteiger partial charge is 0.429 e. The fourth-order valence-corrected chi connectivity index (χ4v) is 3.46. The van der Waals surface area contributed by atoms with E-state index in [1.165, 1.54) is 0 Å². The zero-order valence-electron chi connectivity index (χ0n) is 17.8. The van der Waals surface area contributed by atoms with E-state index in [1.807, 2.05) is 6.07 Å². The maximum Gasteiger partial charge on any atom is 0.273 e. The predicted octanol–water partition coefficient (Wildman–Crippen LogP) is -0.594. The Labute approximate surface area is 180 Å². The second kappa shape index (κ2) is 9.94. The van der Waals surface area contributed by atoms with Crippen LogP contribution >= 0.6 is 0 Å². The van der Waals surface area contributed by atoms with Gasteiger partial charge in [-0.2, -0.15) is 9.61 Å². The molecule has 0 radical (unpaired) electrons. The lowest BCUT2D eigenvalue weighted by Crippen LogP contribution is -2.39. The van der Waals surface area contributed by atoms with Crippen molar-refractivity contribution in [3.63, 3.8) is 0 Å². The molecule has 6 N–H and O–H groups in total. The zero-order chi connectivity index (χ0) is 21.6. The van der Waals surface area contributed by atoms with E-state index >= 15 is 0 Å². The lowest BCUT2D eigenvalue weighted by Gasteiger charge is -2.26. The van der Waals surface area contributed by atoms with E-state index in [0.717, 1.165) is 69.4 Å². The van der Waals surface area contributed by atoms with Crippen LogP contribution in [-0.2, 0) is 9.53 Å². The first-order valence-corrected chi connectivity index (χ1v) is 10.7. The molecule has 31 heavy (non-hydrogen) atoms. The normalized spacial score (nSPS) is 17.5. The van der Waals surface area contributed by atoms with Crippen LogP contribution in [0, 0.1) is 0 Å². The van der Waals surface area contributed by atoms with Crippen molar-refractivity contribution < 1.29 is 14.6 Å². The first-order chi connectivity index (χ1) is 15.2. The van der Waals surface area contributed by atoms with Crippen molar-refractivity contribution in [2.75, 3.05) is 63.8 Å². The summed E-state index contributed by atoms with van der Waals surface area (Å²) in [6, 6.07) is 2.45. The van der Waals surface area contributed by atoms with Crippen molar-refractivity contribution in [2.45, 2.75) is 18.9 Å². The minimum absolute atomic E-state index is 0.183. The number of hydrogen-bond acceptors (Lipinski definition) is 8. The number of rotatable bonds is 10. The van der Waals surface area contributed by atoms with Crippen molar-refractivity contribution in [3.05, 3.63) is 23.5 Å². The summed E-state index contributed by atoms with van der Waals surface area (Å²) in [4.78, 5) is 19.3. The molecule has 0 spiro atoms. The first-order valence-electron chi connectivity index (χ1n) is 10.7. The summed E-state index contributed by atoms with van der Waals surface area (Å²) in [5.74, 6) is 1.30. The van der Waals surface area contributed by atoms with Crippen LogP contribution in [0.3, 0.4) is 0 Å². The predicted molar refractivity (Wildman–Crippen MR) is 119 cm³/mol. The van der Waals surface area contributed by atoms with Crippen molar-refractivity contribution >= 4 is 29.3 Å². The van der Waals surface area contributed by atoms with Crippen LogP contribution in [0.25, 0.3) is 11.7 Å². The molecule has 0 atom stereocenters. The van der Waals surface area contributed by atoms with E-state index in [1.54, 1.807) is 23.8 Å². The maximum absolute atomic E-state index is 12.2. The number of hydrogen-bond donors (Lipinski definition) is 4. The fraction of sp³-hybridized carbons (Fsp3) is 0.550. The summed E-state index contributed by atoms with van der Waals surface area (Å²) >= 11 is 0. The molecule has 2 aliphatic rings. The van der Waals surface area contributed by atoms with Gasteiger partial charge in [0.05, 0.1) is 19.4 Å². The molecule has 0 aromatic carbocycles. The van der Waals surface area contributed by atoms with Gasteiger partial charge >= 0.3 is 0 Å². The molecule has 2 aromatic heterocycles. The molecule has 11 heteroatoms. The molecule has 2 fully saturated rings. The monoisotopic (exact) mass is 431 g/mol. The van der Waals surface area contributed by atoms with Gasteiger partial charge in [-0.25, -0.2) is 4.98 Å². The number of nitrogens with one attached hydrogen (secondary N) is 4. The minimum atomic E-state index is -0.340. The van der Waals surface area contributed by atoms with Gasteiger partial charge in [-0.3, -0.25) is 15.0 Å². The van der Waals surface area contributed by atoms with Gasteiger partial charge in [-0.1, -0.05) is 0 Å². The number of ether oxygens (including phenoxy) is 1. The second-order valence-corrected chi connectivity index (χ2v) is 7.65. The molecule has 11 nitrogen and oxygen atoms in total. The molecular formula is C20H31N8O3+. The van der Waals surface area contributed by atoms with Crippen LogP contribution in [0.15, 0.2) is 18.0 Å². The van der Waals surface area contributed by atoms with Gasteiger partial charge in [-0.15, -0.1) is 0 Å². The van der Waals surface area contributed by atoms with E-state index in [4.69, 9.17) is 14.8 Å². The summed E-state index contributed by atoms with van der Waals surface area (Å²) < 4.78 is 7.18.